The average Bonchev–Trinajstić information content (AvgIpc) is 2.42. The first-order valence-electron chi connectivity index (χ1n) is 6.20. The summed E-state index contributed by atoms with van der Waals surface area (Å²) in [5.74, 6) is 4.83. The van der Waals surface area contributed by atoms with Gasteiger partial charge in [0.1, 0.15) is 0 Å². The molecular weight excluding hydrogens is 244 g/mol. The lowest BCUT2D eigenvalue weighted by atomic mass is 10.1. The number of hydrogen-bond acceptors (Lipinski definition) is 4. The van der Waals surface area contributed by atoms with Crippen LogP contribution in [-0.2, 0) is 4.79 Å². The Balaban J connectivity index is 2.61. The number of aryl methyl sites for hydroxylation is 1. The summed E-state index contributed by atoms with van der Waals surface area (Å²) >= 11 is 0. The minimum absolute atomic E-state index is 0.0449. The van der Waals surface area contributed by atoms with Crippen molar-refractivity contribution < 1.29 is 9.59 Å². The Labute approximate surface area is 112 Å². The van der Waals surface area contributed by atoms with E-state index in [0.717, 1.165) is 12.0 Å². The van der Waals surface area contributed by atoms with Crippen molar-refractivity contribution in [2.45, 2.75) is 20.3 Å². The van der Waals surface area contributed by atoms with Crippen LogP contribution in [0.1, 0.15) is 29.3 Å². The van der Waals surface area contributed by atoms with Gasteiger partial charge >= 0.3 is 0 Å². The van der Waals surface area contributed by atoms with E-state index in [9.17, 15) is 9.59 Å². The summed E-state index contributed by atoms with van der Waals surface area (Å²) in [5.41, 5.74) is 4.42. The van der Waals surface area contributed by atoms with Gasteiger partial charge in [0.15, 0.2) is 0 Å². The van der Waals surface area contributed by atoms with Crippen LogP contribution in [0.4, 0.5) is 5.69 Å². The fraction of sp³-hybridized carbons (Fsp3) is 0.385. The van der Waals surface area contributed by atoms with Gasteiger partial charge in [0.25, 0.3) is 5.91 Å². The molecule has 0 atom stereocenters. The summed E-state index contributed by atoms with van der Waals surface area (Å²) in [6.45, 7) is 4.43. The molecule has 0 saturated carbocycles. The van der Waals surface area contributed by atoms with Crippen LogP contribution in [0, 0.1) is 6.92 Å². The fourth-order valence-electron chi connectivity index (χ4n) is 1.56. The molecule has 0 aliphatic rings. The summed E-state index contributed by atoms with van der Waals surface area (Å²) in [7, 11) is 0. The second-order valence-corrected chi connectivity index (χ2v) is 4.23. The lowest BCUT2D eigenvalue weighted by Gasteiger charge is -2.10. The first-order valence-corrected chi connectivity index (χ1v) is 6.20. The number of anilines is 1. The number of carbonyl (C=O) groups is 2. The van der Waals surface area contributed by atoms with Crippen molar-refractivity contribution in [3.05, 3.63) is 29.3 Å². The predicted molar refractivity (Wildman–Crippen MR) is 74.6 cm³/mol. The third-order valence-electron chi connectivity index (χ3n) is 2.56. The zero-order valence-corrected chi connectivity index (χ0v) is 11.2. The highest BCUT2D eigenvalue weighted by molar-refractivity contribution is 6.01. The van der Waals surface area contributed by atoms with Crippen molar-refractivity contribution in [2.24, 2.45) is 5.84 Å². The molecule has 0 aromatic heterocycles. The van der Waals surface area contributed by atoms with E-state index in [1.165, 1.54) is 0 Å². The smallest absolute Gasteiger partial charge is 0.253 e. The second kappa shape index (κ2) is 7.38. The minimum atomic E-state index is -0.334. The number of hydrazine groups is 1. The average molecular weight is 264 g/mol. The van der Waals surface area contributed by atoms with E-state index in [4.69, 9.17) is 5.84 Å². The molecule has 2 amide bonds. The molecule has 0 heterocycles. The van der Waals surface area contributed by atoms with Gasteiger partial charge in [-0.25, -0.2) is 0 Å². The Morgan fingerprint density at radius 2 is 2.00 bits per heavy atom. The lowest BCUT2D eigenvalue weighted by Crippen LogP contribution is -2.37. The van der Waals surface area contributed by atoms with Crippen LogP contribution in [0.25, 0.3) is 0 Å². The second-order valence-electron chi connectivity index (χ2n) is 4.23. The molecule has 0 radical (unpaired) electrons. The van der Waals surface area contributed by atoms with Gasteiger partial charge in [-0.15, -0.1) is 0 Å². The molecule has 0 saturated heterocycles. The molecule has 19 heavy (non-hydrogen) atoms. The largest absolute Gasteiger partial charge is 0.355 e. The van der Waals surface area contributed by atoms with Gasteiger partial charge in [-0.1, -0.05) is 13.0 Å². The molecule has 0 aliphatic heterocycles. The number of rotatable bonds is 6. The molecule has 0 bridgehead atoms. The number of nitrogens with one attached hydrogen (secondary N) is 3. The zero-order chi connectivity index (χ0) is 14.3. The van der Waals surface area contributed by atoms with Crippen LogP contribution in [0.3, 0.4) is 0 Å². The van der Waals surface area contributed by atoms with Crippen molar-refractivity contribution in [3.63, 3.8) is 0 Å². The van der Waals surface area contributed by atoms with E-state index in [-0.39, 0.29) is 18.4 Å². The summed E-state index contributed by atoms with van der Waals surface area (Å²) in [5, 5.41) is 5.24. The number of amides is 2. The van der Waals surface area contributed by atoms with Crippen molar-refractivity contribution in [2.75, 3.05) is 18.5 Å². The maximum Gasteiger partial charge on any atom is 0.253 e. The van der Waals surface area contributed by atoms with Crippen molar-refractivity contribution in [1.29, 1.82) is 0 Å². The number of nitrogens with two attached hydrogens (primary N) is 1. The quantitative estimate of drug-likeness (QED) is 0.445. The summed E-state index contributed by atoms with van der Waals surface area (Å²) < 4.78 is 0. The molecule has 104 valence electrons. The highest BCUT2D eigenvalue weighted by atomic mass is 16.2. The van der Waals surface area contributed by atoms with Crippen LogP contribution in [0.5, 0.6) is 0 Å². The number of nitrogen functional groups attached to an aromatic ring is 1. The van der Waals surface area contributed by atoms with Gasteiger partial charge in [-0.3, -0.25) is 15.4 Å². The Kier molecular flexibility index (Phi) is 5.81. The topological polar surface area (TPSA) is 96.2 Å². The van der Waals surface area contributed by atoms with E-state index >= 15 is 0 Å². The molecule has 1 rings (SSSR count). The molecule has 1 aromatic rings. The first-order chi connectivity index (χ1) is 9.08. The molecule has 0 aliphatic carbocycles. The highest BCUT2D eigenvalue weighted by Gasteiger charge is 2.11. The third kappa shape index (κ3) is 4.59. The van der Waals surface area contributed by atoms with Gasteiger partial charge in [-0.2, -0.15) is 0 Å². The Morgan fingerprint density at radius 1 is 1.26 bits per heavy atom. The third-order valence-corrected chi connectivity index (χ3v) is 2.56. The van der Waals surface area contributed by atoms with Crippen LogP contribution < -0.4 is 21.9 Å². The van der Waals surface area contributed by atoms with Crippen molar-refractivity contribution in [3.8, 4) is 0 Å². The lowest BCUT2D eigenvalue weighted by molar-refractivity contribution is -0.120. The van der Waals surface area contributed by atoms with Gasteiger partial charge in [0.05, 0.1) is 17.8 Å². The predicted octanol–water partition coefficient (Wildman–Crippen LogP) is 0.537. The zero-order valence-electron chi connectivity index (χ0n) is 11.2. The monoisotopic (exact) mass is 264 g/mol. The standard InChI is InChI=1S/C13H20N4O2/c1-3-6-15-12(18)8-16-13(19)10-5-4-9(2)7-11(10)17-14/h4-5,7,17H,3,6,8,14H2,1-2H3,(H,15,18)(H,16,19). The van der Waals surface area contributed by atoms with Crippen molar-refractivity contribution >= 4 is 17.5 Å². The van der Waals surface area contributed by atoms with Gasteiger partial charge in [0, 0.05) is 6.54 Å². The van der Waals surface area contributed by atoms with Crippen LogP contribution in [0.15, 0.2) is 18.2 Å². The van der Waals surface area contributed by atoms with Crippen molar-refractivity contribution in [1.82, 2.24) is 10.6 Å². The molecule has 6 nitrogen and oxygen atoms in total. The Morgan fingerprint density at radius 3 is 2.63 bits per heavy atom. The summed E-state index contributed by atoms with van der Waals surface area (Å²) in [6.07, 6.45) is 0.860. The Bertz CT molecular complexity index is 460. The van der Waals surface area contributed by atoms with Gasteiger partial charge in [-0.05, 0) is 31.0 Å². The van der Waals surface area contributed by atoms with E-state index in [2.05, 4.69) is 16.1 Å². The van der Waals surface area contributed by atoms with Crippen LogP contribution in [-0.4, -0.2) is 24.9 Å². The number of hydrogen-bond donors (Lipinski definition) is 4. The SMILES string of the molecule is CCCNC(=O)CNC(=O)c1ccc(C)cc1NN. The maximum atomic E-state index is 11.9. The molecule has 0 fully saturated rings. The summed E-state index contributed by atoms with van der Waals surface area (Å²) in [4.78, 5) is 23.3. The molecular formula is C13H20N4O2. The van der Waals surface area contributed by atoms with Crippen LogP contribution in [0.2, 0.25) is 0 Å². The first kappa shape index (κ1) is 15.0. The van der Waals surface area contributed by atoms with E-state index in [1.807, 2.05) is 19.9 Å². The normalized spacial score (nSPS) is 9.84. The van der Waals surface area contributed by atoms with Gasteiger partial charge < -0.3 is 16.1 Å². The number of carbonyl (C=O) groups excluding carboxylic acids is 2. The van der Waals surface area contributed by atoms with Crippen LogP contribution >= 0.6 is 0 Å². The van der Waals surface area contributed by atoms with E-state index in [1.54, 1.807) is 12.1 Å². The maximum absolute atomic E-state index is 11.9. The Hall–Kier alpha value is -2.08. The molecule has 5 N–H and O–H groups in total. The molecule has 0 unspecified atom stereocenters. The van der Waals surface area contributed by atoms with E-state index < -0.39 is 0 Å². The minimum Gasteiger partial charge on any atom is -0.355 e. The fourth-order valence-corrected chi connectivity index (χ4v) is 1.56. The molecule has 6 heteroatoms. The van der Waals surface area contributed by atoms with Gasteiger partial charge in [0.2, 0.25) is 5.91 Å². The summed E-state index contributed by atoms with van der Waals surface area (Å²) in [6, 6.07) is 5.25. The molecule has 1 aromatic carbocycles. The molecule has 0 spiro atoms. The number of benzene rings is 1. The van der Waals surface area contributed by atoms with E-state index in [0.29, 0.717) is 17.8 Å². The highest BCUT2D eigenvalue weighted by Crippen LogP contribution is 2.16.